The Bertz CT molecular complexity index is 336. The molecule has 1 aliphatic carbocycles. The van der Waals surface area contributed by atoms with Crippen LogP contribution in [0.3, 0.4) is 0 Å². The standard InChI is InChI=1S/C15H26N2O3/c1-11-4-2-3-5-13(11)20-9-8-16-15(19)12-6-7-14(18)17-10-12/h11-13H,2-10H2,1H3,(H,16,19)(H,17,18)/t11-,12-,13-/m1/s1. The summed E-state index contributed by atoms with van der Waals surface area (Å²) in [5, 5.41) is 5.64. The van der Waals surface area contributed by atoms with Crippen molar-refractivity contribution in [2.24, 2.45) is 11.8 Å². The fourth-order valence-electron chi connectivity index (χ4n) is 3.02. The summed E-state index contributed by atoms with van der Waals surface area (Å²) in [6.07, 6.45) is 6.41. The predicted octanol–water partition coefficient (Wildman–Crippen LogP) is 1.22. The van der Waals surface area contributed by atoms with E-state index in [4.69, 9.17) is 4.74 Å². The van der Waals surface area contributed by atoms with E-state index in [0.29, 0.717) is 44.6 Å². The fourth-order valence-corrected chi connectivity index (χ4v) is 3.02. The molecule has 3 atom stereocenters. The summed E-state index contributed by atoms with van der Waals surface area (Å²) in [5.74, 6) is 0.628. The predicted molar refractivity (Wildman–Crippen MR) is 76.1 cm³/mol. The number of carbonyl (C=O) groups is 2. The highest BCUT2D eigenvalue weighted by molar-refractivity contribution is 5.83. The lowest BCUT2D eigenvalue weighted by molar-refractivity contribution is -0.129. The molecule has 0 unspecified atom stereocenters. The highest BCUT2D eigenvalue weighted by Gasteiger charge is 2.24. The van der Waals surface area contributed by atoms with Crippen LogP contribution < -0.4 is 10.6 Å². The Morgan fingerprint density at radius 2 is 2.15 bits per heavy atom. The van der Waals surface area contributed by atoms with Crippen LogP contribution in [0.1, 0.15) is 45.4 Å². The van der Waals surface area contributed by atoms with Crippen LogP contribution in [-0.4, -0.2) is 37.6 Å². The van der Waals surface area contributed by atoms with Crippen molar-refractivity contribution in [3.63, 3.8) is 0 Å². The van der Waals surface area contributed by atoms with Crippen LogP contribution in [0.5, 0.6) is 0 Å². The molecule has 1 heterocycles. The molecular formula is C15H26N2O3. The molecule has 0 aromatic rings. The molecule has 2 N–H and O–H groups in total. The van der Waals surface area contributed by atoms with Gasteiger partial charge in [0.05, 0.1) is 18.6 Å². The van der Waals surface area contributed by atoms with Gasteiger partial charge in [-0.15, -0.1) is 0 Å². The van der Waals surface area contributed by atoms with E-state index in [1.807, 2.05) is 0 Å². The summed E-state index contributed by atoms with van der Waals surface area (Å²) < 4.78 is 5.87. The van der Waals surface area contributed by atoms with Crippen LogP contribution in [-0.2, 0) is 14.3 Å². The van der Waals surface area contributed by atoms with Crippen molar-refractivity contribution in [2.75, 3.05) is 19.7 Å². The highest BCUT2D eigenvalue weighted by atomic mass is 16.5. The van der Waals surface area contributed by atoms with Crippen LogP contribution in [0.4, 0.5) is 0 Å². The summed E-state index contributed by atoms with van der Waals surface area (Å²) in [7, 11) is 0. The van der Waals surface area contributed by atoms with Crippen LogP contribution in [0, 0.1) is 11.8 Å². The van der Waals surface area contributed by atoms with Gasteiger partial charge in [0.1, 0.15) is 0 Å². The maximum atomic E-state index is 11.9. The average Bonchev–Trinajstić information content (AvgIpc) is 2.46. The molecule has 1 saturated carbocycles. The molecule has 2 aliphatic rings. The van der Waals surface area contributed by atoms with Gasteiger partial charge in [-0.2, -0.15) is 0 Å². The first-order valence-corrected chi connectivity index (χ1v) is 7.83. The Labute approximate surface area is 120 Å². The van der Waals surface area contributed by atoms with E-state index in [0.717, 1.165) is 6.42 Å². The maximum absolute atomic E-state index is 11.9. The second-order valence-corrected chi connectivity index (χ2v) is 6.00. The van der Waals surface area contributed by atoms with Crippen LogP contribution in [0.2, 0.25) is 0 Å². The molecule has 114 valence electrons. The maximum Gasteiger partial charge on any atom is 0.224 e. The van der Waals surface area contributed by atoms with E-state index in [2.05, 4.69) is 17.6 Å². The first-order chi connectivity index (χ1) is 9.66. The molecule has 0 bridgehead atoms. The van der Waals surface area contributed by atoms with Gasteiger partial charge >= 0.3 is 0 Å². The zero-order chi connectivity index (χ0) is 14.4. The quantitative estimate of drug-likeness (QED) is 0.745. The molecule has 2 fully saturated rings. The summed E-state index contributed by atoms with van der Waals surface area (Å²) in [4.78, 5) is 22.9. The first kappa shape index (κ1) is 15.3. The van der Waals surface area contributed by atoms with Gasteiger partial charge in [-0.05, 0) is 25.2 Å². The summed E-state index contributed by atoms with van der Waals surface area (Å²) >= 11 is 0. The van der Waals surface area contributed by atoms with Crippen LogP contribution in [0.25, 0.3) is 0 Å². The van der Waals surface area contributed by atoms with Gasteiger partial charge < -0.3 is 15.4 Å². The Morgan fingerprint density at radius 3 is 2.85 bits per heavy atom. The minimum Gasteiger partial charge on any atom is -0.376 e. The van der Waals surface area contributed by atoms with Crippen molar-refractivity contribution in [3.8, 4) is 0 Å². The number of ether oxygens (including phenoxy) is 1. The van der Waals surface area contributed by atoms with Gasteiger partial charge in [-0.1, -0.05) is 19.8 Å². The smallest absolute Gasteiger partial charge is 0.224 e. The van der Waals surface area contributed by atoms with Crippen LogP contribution >= 0.6 is 0 Å². The molecule has 2 rings (SSSR count). The molecule has 0 aromatic carbocycles. The molecule has 2 amide bonds. The number of rotatable bonds is 5. The third-order valence-electron chi connectivity index (χ3n) is 4.40. The lowest BCUT2D eigenvalue weighted by atomic mass is 9.88. The third kappa shape index (κ3) is 4.47. The van der Waals surface area contributed by atoms with E-state index in [1.165, 1.54) is 19.3 Å². The minimum atomic E-state index is -0.0821. The van der Waals surface area contributed by atoms with Gasteiger partial charge in [0.25, 0.3) is 0 Å². The molecule has 0 radical (unpaired) electrons. The Morgan fingerprint density at radius 1 is 1.35 bits per heavy atom. The van der Waals surface area contributed by atoms with E-state index < -0.39 is 0 Å². The number of hydrogen-bond acceptors (Lipinski definition) is 3. The van der Waals surface area contributed by atoms with E-state index in [1.54, 1.807) is 0 Å². The number of hydrogen-bond donors (Lipinski definition) is 2. The van der Waals surface area contributed by atoms with Gasteiger partial charge in [-0.3, -0.25) is 9.59 Å². The van der Waals surface area contributed by atoms with Crippen molar-refractivity contribution in [1.82, 2.24) is 10.6 Å². The average molecular weight is 282 g/mol. The molecule has 20 heavy (non-hydrogen) atoms. The van der Waals surface area contributed by atoms with Crippen molar-refractivity contribution >= 4 is 11.8 Å². The summed E-state index contributed by atoms with van der Waals surface area (Å²) in [6, 6.07) is 0. The Balaban J connectivity index is 1.58. The number of nitrogens with one attached hydrogen (secondary N) is 2. The van der Waals surface area contributed by atoms with E-state index >= 15 is 0 Å². The minimum absolute atomic E-state index is 0.0327. The topological polar surface area (TPSA) is 67.4 Å². The normalized spacial score (nSPS) is 30.6. The van der Waals surface area contributed by atoms with Crippen molar-refractivity contribution < 1.29 is 14.3 Å². The summed E-state index contributed by atoms with van der Waals surface area (Å²) in [5.41, 5.74) is 0. The van der Waals surface area contributed by atoms with Crippen molar-refractivity contribution in [2.45, 2.75) is 51.6 Å². The Kier molecular flexibility index (Phi) is 5.83. The molecule has 5 heteroatoms. The van der Waals surface area contributed by atoms with E-state index in [9.17, 15) is 9.59 Å². The SMILES string of the molecule is C[C@@H]1CCCC[C@H]1OCCNC(=O)[C@@H]1CCC(=O)NC1. The first-order valence-electron chi connectivity index (χ1n) is 7.83. The largest absolute Gasteiger partial charge is 0.376 e. The molecule has 1 saturated heterocycles. The number of carbonyl (C=O) groups excluding carboxylic acids is 2. The molecule has 0 spiro atoms. The van der Waals surface area contributed by atoms with Gasteiger partial charge in [0.2, 0.25) is 11.8 Å². The lowest BCUT2D eigenvalue weighted by Gasteiger charge is -2.29. The third-order valence-corrected chi connectivity index (χ3v) is 4.40. The second kappa shape index (κ2) is 7.62. The molecule has 0 aromatic heterocycles. The molecular weight excluding hydrogens is 256 g/mol. The van der Waals surface area contributed by atoms with E-state index in [-0.39, 0.29) is 17.7 Å². The van der Waals surface area contributed by atoms with Gasteiger partial charge in [0.15, 0.2) is 0 Å². The Hall–Kier alpha value is -1.10. The fraction of sp³-hybridized carbons (Fsp3) is 0.867. The lowest BCUT2D eigenvalue weighted by Crippen LogP contribution is -2.43. The van der Waals surface area contributed by atoms with Crippen molar-refractivity contribution in [1.29, 1.82) is 0 Å². The zero-order valence-electron chi connectivity index (χ0n) is 12.3. The zero-order valence-corrected chi connectivity index (χ0v) is 12.3. The van der Waals surface area contributed by atoms with Gasteiger partial charge in [-0.25, -0.2) is 0 Å². The highest BCUT2D eigenvalue weighted by Crippen LogP contribution is 2.25. The summed E-state index contributed by atoms with van der Waals surface area (Å²) in [6.45, 7) is 3.85. The van der Waals surface area contributed by atoms with Crippen molar-refractivity contribution in [3.05, 3.63) is 0 Å². The number of piperidine rings is 1. The second-order valence-electron chi connectivity index (χ2n) is 6.00. The number of amides is 2. The van der Waals surface area contributed by atoms with Crippen LogP contribution in [0.15, 0.2) is 0 Å². The monoisotopic (exact) mass is 282 g/mol. The molecule has 5 nitrogen and oxygen atoms in total. The molecule has 1 aliphatic heterocycles. The van der Waals surface area contributed by atoms with Gasteiger partial charge in [0, 0.05) is 19.5 Å².